The lowest BCUT2D eigenvalue weighted by atomic mass is 9.98. The van der Waals surface area contributed by atoms with E-state index in [1.165, 1.54) is 0 Å². The van der Waals surface area contributed by atoms with Crippen LogP contribution in [0.4, 0.5) is 8.78 Å². The standard InChI is InChI=1S/C18H6Cl4F2/c19-15-7-3-1-2-4-8(7)16(20)14-13(15)17(21)9-5-11(23)12(24)6-10(9)18(14)22/h1-6H. The molecule has 0 heterocycles. The minimum Gasteiger partial charge on any atom is -0.204 e. The van der Waals surface area contributed by atoms with Crippen molar-refractivity contribution in [1.29, 1.82) is 0 Å². The van der Waals surface area contributed by atoms with Crippen LogP contribution in [-0.2, 0) is 0 Å². The zero-order chi connectivity index (χ0) is 17.2. The van der Waals surface area contributed by atoms with Crippen LogP contribution in [0.15, 0.2) is 36.4 Å². The molecule has 0 saturated carbocycles. The molecule has 0 amide bonds. The van der Waals surface area contributed by atoms with Crippen molar-refractivity contribution >= 4 is 78.7 Å². The van der Waals surface area contributed by atoms with Crippen molar-refractivity contribution in [3.63, 3.8) is 0 Å². The fourth-order valence-corrected chi connectivity index (χ4v) is 4.44. The summed E-state index contributed by atoms with van der Waals surface area (Å²) in [4.78, 5) is 0. The Morgan fingerprint density at radius 2 is 0.875 bits per heavy atom. The fraction of sp³-hybridized carbons (Fsp3) is 0. The fourth-order valence-electron chi connectivity index (χ4n) is 2.95. The maximum atomic E-state index is 13.7. The topological polar surface area (TPSA) is 0 Å². The van der Waals surface area contributed by atoms with Gasteiger partial charge in [0.1, 0.15) is 0 Å². The van der Waals surface area contributed by atoms with Crippen LogP contribution >= 0.6 is 46.4 Å². The molecule has 0 aliphatic carbocycles. The van der Waals surface area contributed by atoms with Crippen molar-refractivity contribution < 1.29 is 8.78 Å². The van der Waals surface area contributed by atoms with E-state index in [9.17, 15) is 8.78 Å². The number of benzene rings is 4. The number of rotatable bonds is 0. The highest BCUT2D eigenvalue weighted by molar-refractivity contribution is 6.56. The van der Waals surface area contributed by atoms with Gasteiger partial charge in [0.2, 0.25) is 0 Å². The average Bonchev–Trinajstić information content (AvgIpc) is 2.57. The molecule has 0 spiro atoms. The Kier molecular flexibility index (Phi) is 3.77. The predicted molar refractivity (Wildman–Crippen MR) is 98.9 cm³/mol. The molecule has 0 bridgehead atoms. The van der Waals surface area contributed by atoms with E-state index < -0.39 is 11.6 Å². The lowest BCUT2D eigenvalue weighted by molar-refractivity contribution is 0.511. The Hall–Kier alpha value is -1.32. The van der Waals surface area contributed by atoms with Gasteiger partial charge in [0.15, 0.2) is 11.6 Å². The molecule has 6 heteroatoms. The molecule has 0 saturated heterocycles. The van der Waals surface area contributed by atoms with Gasteiger partial charge in [-0.1, -0.05) is 70.7 Å². The molecule has 0 atom stereocenters. The van der Waals surface area contributed by atoms with Crippen LogP contribution in [0.1, 0.15) is 0 Å². The van der Waals surface area contributed by atoms with Crippen LogP contribution in [-0.4, -0.2) is 0 Å². The molecule has 0 aliphatic heterocycles. The summed E-state index contributed by atoms with van der Waals surface area (Å²) in [7, 11) is 0. The molecule has 0 nitrogen and oxygen atoms in total. The van der Waals surface area contributed by atoms with Crippen molar-refractivity contribution in [2.75, 3.05) is 0 Å². The molecule has 0 fully saturated rings. The van der Waals surface area contributed by atoms with Crippen LogP contribution in [0.25, 0.3) is 32.3 Å². The molecule has 4 rings (SSSR count). The van der Waals surface area contributed by atoms with Crippen LogP contribution < -0.4 is 0 Å². The minimum absolute atomic E-state index is 0.181. The molecular weight excluding hydrogens is 396 g/mol. The number of hydrogen-bond donors (Lipinski definition) is 0. The molecule has 4 aromatic carbocycles. The minimum atomic E-state index is -1.01. The van der Waals surface area contributed by atoms with Gasteiger partial charge in [0, 0.05) is 32.3 Å². The summed E-state index contributed by atoms with van der Waals surface area (Å²) < 4.78 is 27.3. The van der Waals surface area contributed by atoms with E-state index in [0.717, 1.165) is 12.1 Å². The Bertz CT molecular complexity index is 1080. The molecule has 0 radical (unpaired) electrons. The third-order valence-corrected chi connectivity index (χ3v) is 5.63. The first-order chi connectivity index (χ1) is 11.4. The summed E-state index contributed by atoms with van der Waals surface area (Å²) in [6, 6.07) is 9.28. The number of fused-ring (bicyclic) bond motifs is 3. The van der Waals surface area contributed by atoms with Crippen LogP contribution in [0.3, 0.4) is 0 Å². The largest absolute Gasteiger partial charge is 0.204 e. The van der Waals surface area contributed by atoms with Crippen molar-refractivity contribution in [2.45, 2.75) is 0 Å². The predicted octanol–water partition coefficient (Wildman–Crippen LogP) is 8.04. The third kappa shape index (κ3) is 2.11. The normalized spacial score (nSPS) is 11.8. The summed E-state index contributed by atoms with van der Waals surface area (Å²) in [6.45, 7) is 0. The van der Waals surface area contributed by atoms with E-state index in [-0.39, 0.29) is 20.8 Å². The molecule has 24 heavy (non-hydrogen) atoms. The maximum absolute atomic E-state index is 13.7. The van der Waals surface area contributed by atoms with Gasteiger partial charge in [0.05, 0.1) is 20.1 Å². The van der Waals surface area contributed by atoms with Gasteiger partial charge in [-0.25, -0.2) is 8.78 Å². The average molecular weight is 402 g/mol. The second-order valence-corrected chi connectivity index (χ2v) is 6.88. The van der Waals surface area contributed by atoms with Gasteiger partial charge in [0.25, 0.3) is 0 Å². The highest BCUT2D eigenvalue weighted by atomic mass is 35.5. The van der Waals surface area contributed by atoms with E-state index in [0.29, 0.717) is 31.6 Å². The summed E-state index contributed by atoms with van der Waals surface area (Å²) in [5.41, 5.74) is 0. The van der Waals surface area contributed by atoms with Crippen LogP contribution in [0.5, 0.6) is 0 Å². The molecule has 4 aromatic rings. The molecule has 120 valence electrons. The SMILES string of the molecule is Fc1cc2c(Cl)c3c(Cl)c4ccccc4c(Cl)c3c(Cl)c2cc1F. The quantitative estimate of drug-likeness (QED) is 0.261. The van der Waals surface area contributed by atoms with Gasteiger partial charge in [-0.15, -0.1) is 0 Å². The summed E-state index contributed by atoms with van der Waals surface area (Å²) >= 11 is 26.0. The van der Waals surface area contributed by atoms with E-state index in [1.807, 2.05) is 24.3 Å². The Morgan fingerprint density at radius 1 is 0.542 bits per heavy atom. The smallest absolute Gasteiger partial charge is 0.159 e. The van der Waals surface area contributed by atoms with Crippen molar-refractivity contribution in [2.24, 2.45) is 0 Å². The van der Waals surface area contributed by atoms with E-state index in [1.54, 1.807) is 0 Å². The second-order valence-electron chi connectivity index (χ2n) is 5.36. The molecule has 0 N–H and O–H groups in total. The Balaban J connectivity index is 2.39. The Labute approximate surface area is 155 Å². The molecule has 0 aliphatic rings. The lowest BCUT2D eigenvalue weighted by Crippen LogP contribution is -1.90. The summed E-state index contributed by atoms with van der Waals surface area (Å²) in [6.07, 6.45) is 0. The monoisotopic (exact) mass is 400 g/mol. The lowest BCUT2D eigenvalue weighted by Gasteiger charge is -2.15. The highest BCUT2D eigenvalue weighted by Crippen LogP contribution is 2.48. The number of hydrogen-bond acceptors (Lipinski definition) is 0. The van der Waals surface area contributed by atoms with Crippen molar-refractivity contribution in [3.8, 4) is 0 Å². The van der Waals surface area contributed by atoms with E-state index in [2.05, 4.69) is 0 Å². The number of halogens is 6. The summed E-state index contributed by atoms with van der Waals surface area (Å²) in [5, 5.41) is 3.90. The second kappa shape index (κ2) is 5.60. The van der Waals surface area contributed by atoms with Crippen LogP contribution in [0, 0.1) is 11.6 Å². The Morgan fingerprint density at radius 3 is 1.25 bits per heavy atom. The maximum Gasteiger partial charge on any atom is 0.159 e. The molecule has 0 unspecified atom stereocenters. The van der Waals surface area contributed by atoms with Crippen molar-refractivity contribution in [3.05, 3.63) is 68.1 Å². The van der Waals surface area contributed by atoms with Gasteiger partial charge < -0.3 is 0 Å². The van der Waals surface area contributed by atoms with Crippen molar-refractivity contribution in [1.82, 2.24) is 0 Å². The van der Waals surface area contributed by atoms with Crippen LogP contribution in [0.2, 0.25) is 20.1 Å². The van der Waals surface area contributed by atoms with Gasteiger partial charge in [-0.3, -0.25) is 0 Å². The van der Waals surface area contributed by atoms with E-state index in [4.69, 9.17) is 46.4 Å². The van der Waals surface area contributed by atoms with E-state index >= 15 is 0 Å². The first-order valence-corrected chi connectivity index (χ1v) is 8.38. The molecule has 0 aromatic heterocycles. The zero-order valence-electron chi connectivity index (χ0n) is 11.7. The third-order valence-electron chi connectivity index (χ3n) is 4.06. The van der Waals surface area contributed by atoms with Gasteiger partial charge >= 0.3 is 0 Å². The first-order valence-electron chi connectivity index (χ1n) is 6.87. The highest BCUT2D eigenvalue weighted by Gasteiger charge is 2.21. The van der Waals surface area contributed by atoms with Gasteiger partial charge in [-0.2, -0.15) is 0 Å². The molecular formula is C18H6Cl4F2. The van der Waals surface area contributed by atoms with Gasteiger partial charge in [-0.05, 0) is 12.1 Å². The zero-order valence-corrected chi connectivity index (χ0v) is 14.8. The first kappa shape index (κ1) is 16.2. The summed E-state index contributed by atoms with van der Waals surface area (Å²) in [5.74, 6) is -2.02.